The maximum atomic E-state index is 6.97. The number of hydrogen-bond acceptors (Lipinski definition) is 5. The molecule has 11 aromatic rings. The summed E-state index contributed by atoms with van der Waals surface area (Å²) < 4.78 is 26.5. The van der Waals surface area contributed by atoms with Crippen LogP contribution in [0.25, 0.3) is 87.8 Å². The lowest BCUT2D eigenvalue weighted by Gasteiger charge is -2.25. The van der Waals surface area contributed by atoms with Gasteiger partial charge in [-0.25, -0.2) is 0 Å². The summed E-state index contributed by atoms with van der Waals surface area (Å²) in [6.07, 6.45) is 0. The minimum absolute atomic E-state index is 0.765. The van der Waals surface area contributed by atoms with Crippen molar-refractivity contribution >= 4 is 105 Å². The second-order valence-corrected chi connectivity index (χ2v) is 12.0. The highest BCUT2D eigenvalue weighted by atomic mass is 16.4. The summed E-state index contributed by atoms with van der Waals surface area (Å²) in [4.78, 5) is 2.23. The minimum Gasteiger partial charge on any atom is -0.456 e. The topological polar surface area (TPSA) is 55.8 Å². The van der Waals surface area contributed by atoms with Crippen molar-refractivity contribution in [1.82, 2.24) is 0 Å². The van der Waals surface area contributed by atoms with Gasteiger partial charge in [-0.15, -0.1) is 0 Å². The Morgan fingerprint density at radius 3 is 1.28 bits per heavy atom. The molecule has 0 saturated heterocycles. The average molecular weight is 606 g/mol. The van der Waals surface area contributed by atoms with Gasteiger partial charge in [-0.3, -0.25) is 4.90 Å². The van der Waals surface area contributed by atoms with Gasteiger partial charge in [0.25, 0.3) is 0 Å². The zero-order valence-corrected chi connectivity index (χ0v) is 24.9. The third-order valence-electron chi connectivity index (χ3n) is 9.47. The molecule has 0 atom stereocenters. The molecule has 5 nitrogen and oxygen atoms in total. The van der Waals surface area contributed by atoms with Crippen LogP contribution < -0.4 is 4.90 Å². The van der Waals surface area contributed by atoms with Crippen LogP contribution in [0.2, 0.25) is 0 Å². The molecular formula is C42H23NO4. The van der Waals surface area contributed by atoms with Gasteiger partial charge in [0.15, 0.2) is 16.7 Å². The van der Waals surface area contributed by atoms with Gasteiger partial charge in [0.2, 0.25) is 0 Å². The van der Waals surface area contributed by atoms with Crippen molar-refractivity contribution in [3.8, 4) is 0 Å². The van der Waals surface area contributed by atoms with Gasteiger partial charge < -0.3 is 17.7 Å². The molecule has 0 N–H and O–H groups in total. The van der Waals surface area contributed by atoms with Gasteiger partial charge in [0.1, 0.15) is 27.9 Å². The smallest absolute Gasteiger partial charge is 0.159 e. The highest BCUT2D eigenvalue weighted by molar-refractivity contribution is 6.24. The number of fused-ring (bicyclic) bond motifs is 13. The summed E-state index contributed by atoms with van der Waals surface area (Å²) in [5, 5.41) is 8.29. The third-order valence-corrected chi connectivity index (χ3v) is 9.47. The molecule has 220 valence electrons. The van der Waals surface area contributed by atoms with Crippen LogP contribution in [0, 0.1) is 0 Å². The van der Waals surface area contributed by atoms with E-state index in [0.29, 0.717) is 0 Å². The van der Waals surface area contributed by atoms with Gasteiger partial charge in [-0.1, -0.05) is 91.0 Å². The van der Waals surface area contributed by atoms with E-state index in [9.17, 15) is 0 Å². The van der Waals surface area contributed by atoms with Crippen LogP contribution in [0.5, 0.6) is 0 Å². The molecular weight excluding hydrogens is 582 g/mol. The number of nitrogens with zero attached hydrogens (tertiary/aromatic N) is 1. The normalized spacial score (nSPS) is 12.3. The predicted molar refractivity (Wildman–Crippen MR) is 190 cm³/mol. The maximum absolute atomic E-state index is 6.97. The molecule has 4 aromatic heterocycles. The van der Waals surface area contributed by atoms with E-state index in [1.54, 1.807) is 0 Å². The molecule has 0 amide bonds. The van der Waals surface area contributed by atoms with Gasteiger partial charge in [0, 0.05) is 37.7 Å². The molecule has 5 heteroatoms. The van der Waals surface area contributed by atoms with E-state index in [1.165, 1.54) is 0 Å². The van der Waals surface area contributed by atoms with Gasteiger partial charge in [-0.2, -0.15) is 0 Å². The summed E-state index contributed by atoms with van der Waals surface area (Å²) in [5.41, 5.74) is 9.12. The van der Waals surface area contributed by atoms with E-state index in [1.807, 2.05) is 60.7 Å². The van der Waals surface area contributed by atoms with Crippen LogP contribution in [-0.4, -0.2) is 0 Å². The Bertz CT molecular complexity index is 2930. The molecule has 0 unspecified atom stereocenters. The Labute approximate surface area is 266 Å². The van der Waals surface area contributed by atoms with Gasteiger partial charge >= 0.3 is 0 Å². The molecule has 0 bridgehead atoms. The zero-order valence-electron chi connectivity index (χ0n) is 24.9. The Hall–Kier alpha value is -6.46. The van der Waals surface area contributed by atoms with Crippen molar-refractivity contribution < 1.29 is 17.7 Å². The fourth-order valence-corrected chi connectivity index (χ4v) is 7.43. The molecule has 7 aromatic carbocycles. The van der Waals surface area contributed by atoms with Crippen LogP contribution in [0.1, 0.15) is 0 Å². The van der Waals surface area contributed by atoms with Crippen LogP contribution in [0.15, 0.2) is 157 Å². The van der Waals surface area contributed by atoms with E-state index in [4.69, 9.17) is 17.7 Å². The third kappa shape index (κ3) is 3.32. The molecule has 47 heavy (non-hydrogen) atoms. The molecule has 0 saturated carbocycles. The van der Waals surface area contributed by atoms with E-state index in [0.717, 1.165) is 105 Å². The molecule has 0 spiro atoms. The number of benzene rings is 7. The highest BCUT2D eigenvalue weighted by Gasteiger charge is 2.26. The van der Waals surface area contributed by atoms with E-state index in [-0.39, 0.29) is 0 Å². The quantitative estimate of drug-likeness (QED) is 0.201. The van der Waals surface area contributed by atoms with E-state index < -0.39 is 0 Å². The molecule has 0 aliphatic carbocycles. The SMILES string of the molecule is c1ccc2c(c1)oc1c(N(c3cccc4c3oc3ccccc34)c3cccc4c3oc3c4ccc4oc5ccccc5c43)cccc12. The minimum atomic E-state index is 0.765. The maximum Gasteiger partial charge on any atom is 0.159 e. The van der Waals surface area contributed by atoms with E-state index >= 15 is 0 Å². The summed E-state index contributed by atoms with van der Waals surface area (Å²) in [5.74, 6) is 0. The first-order chi connectivity index (χ1) is 23.3. The first kappa shape index (κ1) is 24.8. The molecule has 0 fully saturated rings. The lowest BCUT2D eigenvalue weighted by molar-refractivity contribution is 0.662. The number of rotatable bonds is 3. The van der Waals surface area contributed by atoms with Crippen molar-refractivity contribution in [2.45, 2.75) is 0 Å². The van der Waals surface area contributed by atoms with Crippen molar-refractivity contribution in [3.63, 3.8) is 0 Å². The monoisotopic (exact) mass is 605 g/mol. The summed E-state index contributed by atoms with van der Waals surface area (Å²) >= 11 is 0. The second-order valence-electron chi connectivity index (χ2n) is 12.0. The number of furan rings is 4. The second kappa shape index (κ2) is 9.05. The molecule has 0 radical (unpaired) electrons. The Balaban J connectivity index is 1.28. The van der Waals surface area contributed by atoms with Crippen molar-refractivity contribution in [3.05, 3.63) is 140 Å². The average Bonchev–Trinajstić information content (AvgIpc) is 3.88. The molecule has 0 aliphatic heterocycles. The molecule has 0 aliphatic rings. The Morgan fingerprint density at radius 2 is 0.702 bits per heavy atom. The van der Waals surface area contributed by atoms with Gasteiger partial charge in [0.05, 0.1) is 22.4 Å². The number of anilines is 3. The van der Waals surface area contributed by atoms with Crippen molar-refractivity contribution in [2.24, 2.45) is 0 Å². The highest BCUT2D eigenvalue weighted by Crippen LogP contribution is 2.49. The van der Waals surface area contributed by atoms with Crippen molar-refractivity contribution in [1.29, 1.82) is 0 Å². The van der Waals surface area contributed by atoms with E-state index in [2.05, 4.69) is 83.8 Å². The van der Waals surface area contributed by atoms with Gasteiger partial charge in [-0.05, 0) is 48.5 Å². The lowest BCUT2D eigenvalue weighted by atomic mass is 10.1. The fraction of sp³-hybridized carbons (Fsp3) is 0. The van der Waals surface area contributed by atoms with Crippen LogP contribution in [0.3, 0.4) is 0 Å². The van der Waals surface area contributed by atoms with Crippen LogP contribution in [0.4, 0.5) is 17.1 Å². The number of hydrogen-bond donors (Lipinski definition) is 0. The van der Waals surface area contributed by atoms with Crippen LogP contribution >= 0.6 is 0 Å². The largest absolute Gasteiger partial charge is 0.456 e. The zero-order chi connectivity index (χ0) is 30.6. The van der Waals surface area contributed by atoms with Crippen LogP contribution in [-0.2, 0) is 0 Å². The molecule has 11 rings (SSSR count). The first-order valence-corrected chi connectivity index (χ1v) is 15.7. The lowest BCUT2D eigenvalue weighted by Crippen LogP contribution is -2.10. The first-order valence-electron chi connectivity index (χ1n) is 15.7. The summed E-state index contributed by atoms with van der Waals surface area (Å²) in [6, 6.07) is 47.6. The standard InChI is InChI=1S/C42H23NO4/c1-4-19-34-24(10-1)26-13-7-16-31(39(26)45-34)43(32-17-8-14-27-25-11-2-5-20-35(25)46-40(27)32)33-18-9-15-28-29-22-23-37-38(42(29)47-41(28)33)30-12-3-6-21-36(30)44-37/h1-23H. The summed E-state index contributed by atoms with van der Waals surface area (Å²) in [7, 11) is 0. The van der Waals surface area contributed by atoms with Crippen molar-refractivity contribution in [2.75, 3.05) is 4.90 Å². The Morgan fingerprint density at radius 1 is 0.277 bits per heavy atom. The predicted octanol–water partition coefficient (Wildman–Crippen LogP) is 12.8. The fourth-order valence-electron chi connectivity index (χ4n) is 7.43. The molecule has 4 heterocycles. The summed E-state index contributed by atoms with van der Waals surface area (Å²) in [6.45, 7) is 0. The Kier molecular flexibility index (Phi) is 4.78. The number of para-hydroxylation sites is 6.